The Kier molecular flexibility index (Phi) is 5.14. The minimum atomic E-state index is 0.276. The second kappa shape index (κ2) is 7.87. The van der Waals surface area contributed by atoms with E-state index in [0.29, 0.717) is 38.6 Å². The van der Waals surface area contributed by atoms with Crippen molar-refractivity contribution in [2.75, 3.05) is 0 Å². The van der Waals surface area contributed by atoms with Crippen LogP contribution in [0, 0.1) is 11.7 Å². The molecule has 0 spiro atoms. The first-order valence-corrected chi connectivity index (χ1v) is 9.13. The van der Waals surface area contributed by atoms with Gasteiger partial charge in [-0.25, -0.2) is 5.10 Å². The highest BCUT2D eigenvalue weighted by Gasteiger charge is 2.11. The van der Waals surface area contributed by atoms with Crippen molar-refractivity contribution in [2.45, 2.75) is 13.5 Å². The molecule has 0 aliphatic heterocycles. The van der Waals surface area contributed by atoms with Crippen molar-refractivity contribution in [3.05, 3.63) is 75.6 Å². The standard InChI is InChI=1S/C19H15ClN4O3S/c1-12-15(20)4-2-5-16(12)26-11-14-8-7-13(27-14)10-21-24-18(22-23-19(24)28)17-6-3-9-25-17/h2-10H,11H2,1H3,(H,23,28). The van der Waals surface area contributed by atoms with Crippen LogP contribution in [-0.4, -0.2) is 21.1 Å². The van der Waals surface area contributed by atoms with Crippen LogP contribution in [0.5, 0.6) is 5.75 Å². The van der Waals surface area contributed by atoms with Crippen molar-refractivity contribution in [1.82, 2.24) is 14.9 Å². The molecule has 0 aliphatic carbocycles. The Morgan fingerprint density at radius 1 is 1.29 bits per heavy atom. The van der Waals surface area contributed by atoms with E-state index in [1.54, 1.807) is 30.7 Å². The van der Waals surface area contributed by atoms with Gasteiger partial charge < -0.3 is 13.6 Å². The smallest absolute Gasteiger partial charge is 0.219 e. The maximum absolute atomic E-state index is 6.11. The summed E-state index contributed by atoms with van der Waals surface area (Å²) >= 11 is 11.3. The summed E-state index contributed by atoms with van der Waals surface area (Å²) in [5.41, 5.74) is 0.886. The zero-order valence-corrected chi connectivity index (χ0v) is 16.3. The monoisotopic (exact) mass is 414 g/mol. The minimum absolute atomic E-state index is 0.276. The normalized spacial score (nSPS) is 11.4. The maximum Gasteiger partial charge on any atom is 0.219 e. The van der Waals surface area contributed by atoms with Crippen LogP contribution in [-0.2, 0) is 6.61 Å². The number of furan rings is 2. The average molecular weight is 415 g/mol. The van der Waals surface area contributed by atoms with Crippen molar-refractivity contribution in [1.29, 1.82) is 0 Å². The summed E-state index contributed by atoms with van der Waals surface area (Å²) in [5.74, 6) is 2.94. The third-order valence-electron chi connectivity index (χ3n) is 3.96. The molecule has 28 heavy (non-hydrogen) atoms. The molecule has 3 heterocycles. The molecule has 7 nitrogen and oxygen atoms in total. The molecule has 0 aliphatic rings. The SMILES string of the molecule is Cc1c(Cl)cccc1OCc1ccc(C=Nn2c(-c3ccco3)n[nH]c2=S)o1. The number of ether oxygens (including phenoxy) is 1. The highest BCUT2D eigenvalue weighted by atomic mass is 35.5. The lowest BCUT2D eigenvalue weighted by Crippen LogP contribution is -1.96. The van der Waals surface area contributed by atoms with Crippen LogP contribution in [0.25, 0.3) is 11.6 Å². The van der Waals surface area contributed by atoms with Crippen LogP contribution in [0.15, 0.2) is 62.7 Å². The Morgan fingerprint density at radius 3 is 3.00 bits per heavy atom. The van der Waals surface area contributed by atoms with Crippen LogP contribution in [0.1, 0.15) is 17.1 Å². The second-order valence-corrected chi connectivity index (χ2v) is 6.64. The number of hydrogen-bond donors (Lipinski definition) is 1. The van der Waals surface area contributed by atoms with Crippen molar-refractivity contribution in [2.24, 2.45) is 5.10 Å². The van der Waals surface area contributed by atoms with E-state index in [0.717, 1.165) is 5.56 Å². The van der Waals surface area contributed by atoms with Crippen molar-refractivity contribution in [3.63, 3.8) is 0 Å². The van der Waals surface area contributed by atoms with Crippen molar-refractivity contribution in [3.8, 4) is 17.3 Å². The number of hydrogen-bond acceptors (Lipinski definition) is 6. The fourth-order valence-corrected chi connectivity index (χ4v) is 2.86. The van der Waals surface area contributed by atoms with E-state index in [9.17, 15) is 0 Å². The van der Waals surface area contributed by atoms with Crippen molar-refractivity contribution < 1.29 is 13.6 Å². The quantitative estimate of drug-likeness (QED) is 0.345. The van der Waals surface area contributed by atoms with E-state index >= 15 is 0 Å². The molecule has 3 aromatic heterocycles. The van der Waals surface area contributed by atoms with E-state index in [-0.39, 0.29) is 6.61 Å². The summed E-state index contributed by atoms with van der Waals surface area (Å²) in [6.07, 6.45) is 3.10. The van der Waals surface area contributed by atoms with Crippen molar-refractivity contribution >= 4 is 30.0 Å². The molecule has 4 rings (SSSR count). The number of aromatic nitrogens is 3. The molecule has 1 aromatic carbocycles. The minimum Gasteiger partial charge on any atom is -0.485 e. The third-order valence-corrected chi connectivity index (χ3v) is 4.64. The fraction of sp³-hybridized carbons (Fsp3) is 0.105. The number of nitrogens with zero attached hydrogens (tertiary/aromatic N) is 3. The van der Waals surface area contributed by atoms with Crippen LogP contribution >= 0.6 is 23.8 Å². The van der Waals surface area contributed by atoms with Gasteiger partial charge in [0.05, 0.1) is 12.5 Å². The summed E-state index contributed by atoms with van der Waals surface area (Å²) in [7, 11) is 0. The van der Waals surface area contributed by atoms with Gasteiger partial charge in [-0.2, -0.15) is 9.78 Å². The predicted octanol–water partition coefficient (Wildman–Crippen LogP) is 5.22. The number of benzene rings is 1. The molecule has 142 valence electrons. The number of H-pyrrole nitrogens is 1. The van der Waals surface area contributed by atoms with Gasteiger partial charge >= 0.3 is 0 Å². The topological polar surface area (TPSA) is 81.5 Å². The summed E-state index contributed by atoms with van der Waals surface area (Å²) in [6, 6.07) is 12.7. The Balaban J connectivity index is 1.48. The van der Waals surface area contributed by atoms with E-state index in [4.69, 9.17) is 37.4 Å². The lowest BCUT2D eigenvalue weighted by atomic mass is 10.2. The molecule has 0 atom stereocenters. The summed E-state index contributed by atoms with van der Waals surface area (Å²) < 4.78 is 18.7. The predicted molar refractivity (Wildman–Crippen MR) is 107 cm³/mol. The van der Waals surface area contributed by atoms with E-state index in [1.165, 1.54) is 4.68 Å². The van der Waals surface area contributed by atoms with E-state index < -0.39 is 0 Å². The van der Waals surface area contributed by atoms with Gasteiger partial charge in [-0.05, 0) is 55.5 Å². The molecule has 1 N–H and O–H groups in total. The molecule has 0 unspecified atom stereocenters. The van der Waals surface area contributed by atoms with Gasteiger partial charge in [0.1, 0.15) is 23.9 Å². The largest absolute Gasteiger partial charge is 0.485 e. The Bertz CT molecular complexity index is 1170. The van der Waals surface area contributed by atoms with Gasteiger partial charge in [0.15, 0.2) is 5.76 Å². The maximum atomic E-state index is 6.11. The first-order valence-electron chi connectivity index (χ1n) is 8.34. The highest BCUT2D eigenvalue weighted by Crippen LogP contribution is 2.26. The second-order valence-electron chi connectivity index (χ2n) is 5.84. The summed E-state index contributed by atoms with van der Waals surface area (Å²) in [6.45, 7) is 2.18. The fourth-order valence-electron chi connectivity index (χ4n) is 2.51. The molecule has 9 heteroatoms. The number of aromatic amines is 1. The first kappa shape index (κ1) is 18.3. The summed E-state index contributed by atoms with van der Waals surface area (Å²) in [5, 5.41) is 11.8. The molecule has 0 radical (unpaired) electrons. The van der Waals surface area contributed by atoms with Crippen LogP contribution in [0.3, 0.4) is 0 Å². The Hall–Kier alpha value is -3.10. The molecule has 0 saturated heterocycles. The molecule has 0 fully saturated rings. The van der Waals surface area contributed by atoms with Crippen LogP contribution < -0.4 is 4.74 Å². The lowest BCUT2D eigenvalue weighted by molar-refractivity contribution is 0.268. The van der Waals surface area contributed by atoms with Gasteiger partial charge in [0.25, 0.3) is 0 Å². The van der Waals surface area contributed by atoms with Gasteiger partial charge in [0.2, 0.25) is 10.6 Å². The highest BCUT2D eigenvalue weighted by molar-refractivity contribution is 7.71. The molecule has 0 bridgehead atoms. The van der Waals surface area contributed by atoms with Crippen LogP contribution in [0.2, 0.25) is 5.02 Å². The Morgan fingerprint density at radius 2 is 2.18 bits per heavy atom. The van der Waals surface area contributed by atoms with Gasteiger partial charge in [-0.1, -0.05) is 17.7 Å². The third kappa shape index (κ3) is 3.78. The van der Waals surface area contributed by atoms with E-state index in [2.05, 4.69) is 15.3 Å². The van der Waals surface area contributed by atoms with Gasteiger partial charge in [-0.15, -0.1) is 5.10 Å². The zero-order valence-electron chi connectivity index (χ0n) is 14.8. The summed E-state index contributed by atoms with van der Waals surface area (Å²) in [4.78, 5) is 0. The number of nitrogens with one attached hydrogen (secondary N) is 1. The zero-order chi connectivity index (χ0) is 19.5. The van der Waals surface area contributed by atoms with Gasteiger partial charge in [-0.3, -0.25) is 0 Å². The number of halogens is 1. The molecule has 0 amide bonds. The van der Waals surface area contributed by atoms with Crippen LogP contribution in [0.4, 0.5) is 0 Å². The molecule has 0 saturated carbocycles. The van der Waals surface area contributed by atoms with E-state index in [1.807, 2.05) is 31.2 Å². The average Bonchev–Trinajstić information content (AvgIpc) is 3.42. The van der Waals surface area contributed by atoms with Gasteiger partial charge in [0, 0.05) is 10.6 Å². The number of rotatable bonds is 6. The molecular weight excluding hydrogens is 400 g/mol. The first-order chi connectivity index (χ1) is 13.6. The molecule has 4 aromatic rings. The lowest BCUT2D eigenvalue weighted by Gasteiger charge is -2.08. The Labute approximate surface area is 170 Å². The molecular formula is C19H15ClN4O3S.